The van der Waals surface area contributed by atoms with Crippen LogP contribution in [0.1, 0.15) is 25.8 Å². The van der Waals surface area contributed by atoms with E-state index in [0.29, 0.717) is 32.5 Å². The number of hydrogen-bond donors (Lipinski definition) is 1. The fourth-order valence-electron chi connectivity index (χ4n) is 3.06. The van der Waals surface area contributed by atoms with E-state index in [0.717, 1.165) is 5.56 Å². The molecule has 1 aliphatic heterocycles. The summed E-state index contributed by atoms with van der Waals surface area (Å²) < 4.78 is 0. The molecule has 21 heavy (non-hydrogen) atoms. The number of hydrogen-bond acceptors (Lipinski definition) is 3. The van der Waals surface area contributed by atoms with Crippen molar-refractivity contribution in [3.8, 4) is 0 Å². The van der Waals surface area contributed by atoms with Crippen LogP contribution in [0.2, 0.25) is 0 Å². The number of likely N-dealkylation sites (tertiary alicyclic amines) is 1. The van der Waals surface area contributed by atoms with Crippen LogP contribution in [0, 0.1) is 0 Å². The Hall–Kier alpha value is -1.88. The highest BCUT2D eigenvalue weighted by molar-refractivity contribution is 5.82. The summed E-state index contributed by atoms with van der Waals surface area (Å²) in [4.78, 5) is 26.7. The number of rotatable bonds is 6. The van der Waals surface area contributed by atoms with Crippen LogP contribution in [0.5, 0.6) is 0 Å². The van der Waals surface area contributed by atoms with Crippen molar-refractivity contribution in [3.05, 3.63) is 35.9 Å². The molecule has 114 valence electrons. The van der Waals surface area contributed by atoms with Crippen molar-refractivity contribution in [1.29, 1.82) is 0 Å². The average Bonchev–Trinajstić information content (AvgIpc) is 2.85. The van der Waals surface area contributed by atoms with Crippen molar-refractivity contribution < 1.29 is 14.7 Å². The Balaban J connectivity index is 2.16. The molecule has 5 heteroatoms. The Kier molecular flexibility index (Phi) is 4.63. The molecule has 0 aliphatic carbocycles. The molecule has 0 bridgehead atoms. The number of carboxylic acid groups (broad SMARTS) is 1. The van der Waals surface area contributed by atoms with E-state index in [1.807, 2.05) is 44.2 Å². The maximum absolute atomic E-state index is 11.8. The molecule has 1 amide bonds. The van der Waals surface area contributed by atoms with Gasteiger partial charge in [-0.3, -0.25) is 9.69 Å². The second-order valence-corrected chi connectivity index (χ2v) is 5.89. The number of amides is 1. The third-order valence-corrected chi connectivity index (χ3v) is 4.14. The van der Waals surface area contributed by atoms with E-state index in [4.69, 9.17) is 0 Å². The molecule has 0 saturated carbocycles. The van der Waals surface area contributed by atoms with Crippen molar-refractivity contribution >= 4 is 12.4 Å². The largest absolute Gasteiger partial charge is 0.479 e. The number of carbonyl (C=O) groups excluding carboxylic acids is 1. The van der Waals surface area contributed by atoms with Gasteiger partial charge < -0.3 is 10.0 Å². The molecule has 1 aromatic rings. The quantitative estimate of drug-likeness (QED) is 0.808. The Morgan fingerprint density at radius 3 is 2.62 bits per heavy atom. The summed E-state index contributed by atoms with van der Waals surface area (Å²) in [6, 6.07) is 9.84. The van der Waals surface area contributed by atoms with Crippen LogP contribution >= 0.6 is 0 Å². The second kappa shape index (κ2) is 6.26. The fraction of sp³-hybridized carbons (Fsp3) is 0.500. The fourth-order valence-corrected chi connectivity index (χ4v) is 3.06. The number of benzene rings is 1. The van der Waals surface area contributed by atoms with Crippen LogP contribution in [-0.4, -0.2) is 52.0 Å². The molecule has 1 unspecified atom stereocenters. The summed E-state index contributed by atoms with van der Waals surface area (Å²) in [7, 11) is 0. The zero-order valence-corrected chi connectivity index (χ0v) is 12.5. The van der Waals surface area contributed by atoms with E-state index in [-0.39, 0.29) is 6.04 Å². The summed E-state index contributed by atoms with van der Waals surface area (Å²) in [5.74, 6) is -0.918. The number of carbonyl (C=O) groups is 2. The summed E-state index contributed by atoms with van der Waals surface area (Å²) in [5.41, 5.74) is 0.0471. The van der Waals surface area contributed by atoms with E-state index < -0.39 is 11.5 Å². The van der Waals surface area contributed by atoms with Gasteiger partial charge in [-0.05, 0) is 25.8 Å². The number of aliphatic carboxylic acids is 1. The molecule has 1 aromatic carbocycles. The Morgan fingerprint density at radius 2 is 2.10 bits per heavy atom. The lowest BCUT2D eigenvalue weighted by Crippen LogP contribution is -2.58. The molecular formula is C16H22N2O3. The molecule has 1 aliphatic rings. The van der Waals surface area contributed by atoms with Crippen LogP contribution in [0.25, 0.3) is 0 Å². The molecule has 1 heterocycles. The topological polar surface area (TPSA) is 60.9 Å². The average molecular weight is 290 g/mol. The van der Waals surface area contributed by atoms with Gasteiger partial charge in [-0.2, -0.15) is 0 Å². The standard InChI is InChI=1S/C16H22N2O3/c1-13(2)18(12-19)16(15(20)21)8-9-17(11-16)10-14-6-4-3-5-7-14/h3-7,12-13H,8-11H2,1-2H3,(H,20,21). The smallest absolute Gasteiger partial charge is 0.331 e. The summed E-state index contributed by atoms with van der Waals surface area (Å²) >= 11 is 0. The van der Waals surface area contributed by atoms with E-state index >= 15 is 0 Å². The lowest BCUT2D eigenvalue weighted by atomic mass is 9.95. The minimum Gasteiger partial charge on any atom is -0.479 e. The van der Waals surface area contributed by atoms with E-state index in [1.54, 1.807) is 0 Å². The van der Waals surface area contributed by atoms with E-state index in [2.05, 4.69) is 4.90 Å². The molecule has 1 fully saturated rings. The van der Waals surface area contributed by atoms with Crippen LogP contribution in [0.3, 0.4) is 0 Å². The Morgan fingerprint density at radius 1 is 1.43 bits per heavy atom. The van der Waals surface area contributed by atoms with Crippen molar-refractivity contribution in [2.45, 2.75) is 38.4 Å². The molecule has 0 radical (unpaired) electrons. The molecule has 5 nitrogen and oxygen atoms in total. The Bertz CT molecular complexity index is 504. The first-order chi connectivity index (χ1) is 9.99. The zero-order chi connectivity index (χ0) is 15.5. The third kappa shape index (κ3) is 3.08. The van der Waals surface area contributed by atoms with Crippen molar-refractivity contribution in [1.82, 2.24) is 9.80 Å². The van der Waals surface area contributed by atoms with Crippen LogP contribution < -0.4 is 0 Å². The molecular weight excluding hydrogens is 268 g/mol. The lowest BCUT2D eigenvalue weighted by molar-refractivity contribution is -0.156. The number of carboxylic acids is 1. The van der Waals surface area contributed by atoms with Crippen molar-refractivity contribution in [2.24, 2.45) is 0 Å². The molecule has 0 spiro atoms. The summed E-state index contributed by atoms with van der Waals surface area (Å²) in [6.45, 7) is 5.45. The highest BCUT2D eigenvalue weighted by Crippen LogP contribution is 2.30. The predicted molar refractivity (Wildman–Crippen MR) is 79.7 cm³/mol. The van der Waals surface area contributed by atoms with Gasteiger partial charge in [-0.1, -0.05) is 30.3 Å². The first-order valence-electron chi connectivity index (χ1n) is 7.23. The third-order valence-electron chi connectivity index (χ3n) is 4.14. The van der Waals surface area contributed by atoms with Gasteiger partial charge in [0.15, 0.2) is 5.54 Å². The molecule has 1 atom stereocenters. The van der Waals surface area contributed by atoms with E-state index in [9.17, 15) is 14.7 Å². The zero-order valence-electron chi connectivity index (χ0n) is 12.5. The SMILES string of the molecule is CC(C)N(C=O)C1(C(=O)O)CCN(Cc2ccccc2)C1. The predicted octanol–water partition coefficient (Wildman–Crippen LogP) is 1.58. The maximum atomic E-state index is 11.8. The maximum Gasteiger partial charge on any atom is 0.331 e. The van der Waals surface area contributed by atoms with Gasteiger partial charge in [-0.25, -0.2) is 4.79 Å². The van der Waals surface area contributed by atoms with Gasteiger partial charge in [-0.15, -0.1) is 0 Å². The monoisotopic (exact) mass is 290 g/mol. The lowest BCUT2D eigenvalue weighted by Gasteiger charge is -2.38. The van der Waals surface area contributed by atoms with Gasteiger partial charge in [0.2, 0.25) is 6.41 Å². The first-order valence-corrected chi connectivity index (χ1v) is 7.23. The summed E-state index contributed by atoms with van der Waals surface area (Å²) in [5, 5.41) is 9.67. The highest BCUT2D eigenvalue weighted by Gasteiger charge is 2.50. The number of nitrogens with zero attached hydrogens (tertiary/aromatic N) is 2. The van der Waals surface area contributed by atoms with Crippen molar-refractivity contribution in [3.63, 3.8) is 0 Å². The van der Waals surface area contributed by atoms with Crippen LogP contribution in [-0.2, 0) is 16.1 Å². The first kappa shape index (κ1) is 15.5. The highest BCUT2D eigenvalue weighted by atomic mass is 16.4. The van der Waals surface area contributed by atoms with Gasteiger partial charge in [0, 0.05) is 25.7 Å². The molecule has 0 aromatic heterocycles. The molecule has 1 saturated heterocycles. The van der Waals surface area contributed by atoms with Crippen molar-refractivity contribution in [2.75, 3.05) is 13.1 Å². The van der Waals surface area contributed by atoms with E-state index in [1.165, 1.54) is 4.90 Å². The molecule has 2 rings (SSSR count). The molecule has 1 N–H and O–H groups in total. The van der Waals surface area contributed by atoms with Gasteiger partial charge in [0.1, 0.15) is 0 Å². The minimum atomic E-state index is -1.11. The summed E-state index contributed by atoms with van der Waals surface area (Å²) in [6.07, 6.45) is 1.14. The Labute approximate surface area is 125 Å². The van der Waals surface area contributed by atoms with Crippen LogP contribution in [0.4, 0.5) is 0 Å². The van der Waals surface area contributed by atoms with Gasteiger partial charge >= 0.3 is 5.97 Å². The minimum absolute atomic E-state index is 0.129. The second-order valence-electron chi connectivity index (χ2n) is 5.89. The van der Waals surface area contributed by atoms with Gasteiger partial charge in [0.05, 0.1) is 0 Å². The van der Waals surface area contributed by atoms with Gasteiger partial charge in [0.25, 0.3) is 0 Å². The van der Waals surface area contributed by atoms with Crippen LogP contribution in [0.15, 0.2) is 30.3 Å². The normalized spacial score (nSPS) is 22.4.